The van der Waals surface area contributed by atoms with Crippen molar-refractivity contribution in [1.29, 1.82) is 0 Å². The van der Waals surface area contributed by atoms with Gasteiger partial charge in [0, 0.05) is 22.3 Å². The molecule has 6 heteroatoms. The molecular formula is C11H13N3O3. The summed E-state index contributed by atoms with van der Waals surface area (Å²) in [5.74, 6) is -0.208. The number of hydrogen-bond acceptors (Lipinski definition) is 4. The molecule has 1 heterocycles. The fourth-order valence-electron chi connectivity index (χ4n) is 1.43. The molecule has 2 aromatic rings. The molecule has 2 rings (SSSR count). The highest BCUT2D eigenvalue weighted by atomic mass is 16.8. The smallest absolute Gasteiger partial charge is 0.251 e. The summed E-state index contributed by atoms with van der Waals surface area (Å²) < 4.78 is 4.43. The van der Waals surface area contributed by atoms with Crippen molar-refractivity contribution in [3.63, 3.8) is 0 Å². The highest BCUT2D eigenvalue weighted by Crippen LogP contribution is 2.11. The van der Waals surface area contributed by atoms with Crippen LogP contribution in [0.1, 0.15) is 31.1 Å². The maximum Gasteiger partial charge on any atom is 0.251 e. The second kappa shape index (κ2) is 3.73. The third-order valence-electron chi connectivity index (χ3n) is 2.14. The van der Waals surface area contributed by atoms with Gasteiger partial charge in [-0.05, 0) is 37.8 Å². The summed E-state index contributed by atoms with van der Waals surface area (Å²) in [6, 6.07) is 4.60. The Morgan fingerprint density at radius 3 is 2.82 bits per heavy atom. The molecule has 1 N–H and O–H groups in total. The van der Waals surface area contributed by atoms with Crippen molar-refractivity contribution < 1.29 is 14.3 Å². The van der Waals surface area contributed by atoms with Crippen molar-refractivity contribution in [2.24, 2.45) is 0 Å². The monoisotopic (exact) mass is 235 g/mol. The molecule has 0 spiro atoms. The first kappa shape index (κ1) is 11.4. The molecule has 0 unspecified atom stereocenters. The van der Waals surface area contributed by atoms with E-state index >= 15 is 0 Å². The number of benzene rings is 1. The van der Waals surface area contributed by atoms with Crippen LogP contribution in [0.3, 0.4) is 0 Å². The Hall–Kier alpha value is -2.11. The third kappa shape index (κ3) is 2.35. The van der Waals surface area contributed by atoms with E-state index in [0.717, 1.165) is 0 Å². The lowest BCUT2D eigenvalue weighted by Gasteiger charge is -2.20. The van der Waals surface area contributed by atoms with Gasteiger partial charge in [0.2, 0.25) is 11.0 Å². The summed E-state index contributed by atoms with van der Waals surface area (Å²) >= 11 is 0. The molecule has 1 aromatic carbocycles. The summed E-state index contributed by atoms with van der Waals surface area (Å²) in [5, 5.41) is 17.5. The standard InChI is InChI=1S/C11H13N3O3/c1-11(2,3)12-10(15)7-4-5-9-8(6-7)13-17-14(9)16/h4-6H,1-3H3,(H,12,15). The highest BCUT2D eigenvalue weighted by molar-refractivity contribution is 5.97. The van der Waals surface area contributed by atoms with Crippen LogP contribution < -0.4 is 10.2 Å². The van der Waals surface area contributed by atoms with Gasteiger partial charge in [-0.25, -0.2) is 0 Å². The molecule has 0 aliphatic heterocycles. The minimum Gasteiger partial charge on any atom is -0.359 e. The number of rotatable bonds is 1. The van der Waals surface area contributed by atoms with Crippen LogP contribution in [-0.4, -0.2) is 16.6 Å². The van der Waals surface area contributed by atoms with Gasteiger partial charge in [0.1, 0.15) is 0 Å². The maximum atomic E-state index is 11.9. The lowest BCUT2D eigenvalue weighted by molar-refractivity contribution is -0.782. The maximum absolute atomic E-state index is 11.9. The summed E-state index contributed by atoms with van der Waals surface area (Å²) in [6.45, 7) is 5.68. The minimum absolute atomic E-state index is 0.208. The number of amides is 1. The molecule has 90 valence electrons. The van der Waals surface area contributed by atoms with Crippen molar-refractivity contribution in [2.75, 3.05) is 0 Å². The summed E-state index contributed by atoms with van der Waals surface area (Å²) in [6.07, 6.45) is 0. The number of hydrogen-bond donors (Lipinski definition) is 1. The Morgan fingerprint density at radius 2 is 2.18 bits per heavy atom. The first-order valence-corrected chi connectivity index (χ1v) is 5.19. The molecule has 0 bridgehead atoms. The van der Waals surface area contributed by atoms with E-state index in [0.29, 0.717) is 21.5 Å². The van der Waals surface area contributed by atoms with E-state index < -0.39 is 0 Å². The quantitative estimate of drug-likeness (QED) is 0.747. The van der Waals surface area contributed by atoms with Gasteiger partial charge < -0.3 is 10.5 Å². The Morgan fingerprint density at radius 1 is 1.47 bits per heavy atom. The first-order valence-electron chi connectivity index (χ1n) is 5.19. The van der Waals surface area contributed by atoms with Crippen molar-refractivity contribution in [3.05, 3.63) is 29.0 Å². The van der Waals surface area contributed by atoms with E-state index in [1.54, 1.807) is 6.07 Å². The van der Waals surface area contributed by atoms with Crippen LogP contribution in [-0.2, 0) is 0 Å². The van der Waals surface area contributed by atoms with E-state index in [1.807, 2.05) is 20.8 Å². The molecule has 6 nitrogen and oxygen atoms in total. The Labute approximate surface area is 97.7 Å². The molecule has 17 heavy (non-hydrogen) atoms. The zero-order valence-corrected chi connectivity index (χ0v) is 9.85. The van der Waals surface area contributed by atoms with Crippen molar-refractivity contribution in [3.8, 4) is 0 Å². The van der Waals surface area contributed by atoms with Crippen LogP contribution in [0.5, 0.6) is 0 Å². The summed E-state index contributed by atoms with van der Waals surface area (Å²) in [7, 11) is 0. The van der Waals surface area contributed by atoms with Crippen LogP contribution in [0.2, 0.25) is 0 Å². The van der Waals surface area contributed by atoms with Gasteiger partial charge in [-0.2, -0.15) is 0 Å². The number of carbonyl (C=O) groups is 1. The number of carbonyl (C=O) groups excluding carboxylic acids is 1. The van der Waals surface area contributed by atoms with Crippen molar-refractivity contribution in [2.45, 2.75) is 26.3 Å². The highest BCUT2D eigenvalue weighted by Gasteiger charge is 2.17. The fourth-order valence-corrected chi connectivity index (χ4v) is 1.43. The number of fused-ring (bicyclic) bond motifs is 1. The average Bonchev–Trinajstić information content (AvgIpc) is 2.57. The molecule has 0 aliphatic carbocycles. The summed E-state index contributed by atoms with van der Waals surface area (Å²) in [4.78, 5) is 12.2. The summed E-state index contributed by atoms with van der Waals surface area (Å²) in [5.41, 5.74) is 0.800. The lowest BCUT2D eigenvalue weighted by atomic mass is 10.1. The predicted octanol–water partition coefficient (Wildman–Crippen LogP) is 0.990. The molecule has 1 aromatic heterocycles. The molecule has 0 atom stereocenters. The third-order valence-corrected chi connectivity index (χ3v) is 2.14. The molecule has 1 amide bonds. The SMILES string of the molecule is CC(C)(C)NC(=O)c1ccc2c(c1)no[n+]2[O-]. The van der Waals surface area contributed by atoms with E-state index in [-0.39, 0.29) is 11.4 Å². The van der Waals surface area contributed by atoms with Crippen LogP contribution in [0.15, 0.2) is 22.8 Å². The van der Waals surface area contributed by atoms with E-state index in [2.05, 4.69) is 15.1 Å². The van der Waals surface area contributed by atoms with Gasteiger partial charge in [0.05, 0.1) is 0 Å². The Bertz CT molecular complexity index is 569. The average molecular weight is 235 g/mol. The predicted molar refractivity (Wildman–Crippen MR) is 60.2 cm³/mol. The van der Waals surface area contributed by atoms with Gasteiger partial charge in [0.25, 0.3) is 5.91 Å². The Balaban J connectivity index is 2.33. The van der Waals surface area contributed by atoms with E-state index in [4.69, 9.17) is 0 Å². The van der Waals surface area contributed by atoms with Gasteiger partial charge in [-0.15, -0.1) is 0 Å². The van der Waals surface area contributed by atoms with Gasteiger partial charge >= 0.3 is 0 Å². The second-order valence-electron chi connectivity index (χ2n) is 4.84. The second-order valence-corrected chi connectivity index (χ2v) is 4.84. The topological polar surface area (TPSA) is 82.1 Å². The number of nitrogens with one attached hydrogen (secondary N) is 1. The molecular weight excluding hydrogens is 222 g/mol. The van der Waals surface area contributed by atoms with Crippen LogP contribution >= 0.6 is 0 Å². The molecule has 0 fully saturated rings. The number of nitrogens with zero attached hydrogens (tertiary/aromatic N) is 2. The zero-order valence-electron chi connectivity index (χ0n) is 9.85. The van der Waals surface area contributed by atoms with Crippen LogP contribution in [0.25, 0.3) is 11.0 Å². The van der Waals surface area contributed by atoms with Gasteiger partial charge in [0.15, 0.2) is 0 Å². The minimum atomic E-state index is -0.311. The van der Waals surface area contributed by atoms with Gasteiger partial charge in [-0.1, -0.05) is 0 Å². The molecule has 0 aliphatic rings. The largest absolute Gasteiger partial charge is 0.359 e. The van der Waals surface area contributed by atoms with E-state index in [9.17, 15) is 10.0 Å². The lowest BCUT2D eigenvalue weighted by Crippen LogP contribution is -2.40. The molecule has 0 saturated carbocycles. The Kier molecular flexibility index (Phi) is 2.49. The molecule has 0 radical (unpaired) electrons. The van der Waals surface area contributed by atoms with Crippen molar-refractivity contribution >= 4 is 16.9 Å². The fraction of sp³-hybridized carbons (Fsp3) is 0.364. The van der Waals surface area contributed by atoms with E-state index in [1.165, 1.54) is 12.1 Å². The first-order chi connectivity index (χ1) is 7.87. The van der Waals surface area contributed by atoms with Gasteiger partial charge in [-0.3, -0.25) is 9.42 Å². The van der Waals surface area contributed by atoms with Crippen LogP contribution in [0.4, 0.5) is 0 Å². The van der Waals surface area contributed by atoms with Crippen LogP contribution in [0, 0.1) is 5.21 Å². The number of aromatic nitrogens is 2. The zero-order chi connectivity index (χ0) is 12.6. The van der Waals surface area contributed by atoms with Crippen molar-refractivity contribution in [1.82, 2.24) is 10.5 Å². The molecule has 0 saturated heterocycles. The normalized spacial score (nSPS) is 11.7.